The van der Waals surface area contributed by atoms with Crippen LogP contribution in [0.1, 0.15) is 37.0 Å². The lowest BCUT2D eigenvalue weighted by molar-refractivity contribution is 0.178. The normalized spacial score (nSPS) is 11.3. The van der Waals surface area contributed by atoms with Crippen molar-refractivity contribution in [1.29, 1.82) is 0 Å². The van der Waals surface area contributed by atoms with Crippen LogP contribution < -0.4 is 0 Å². The topological polar surface area (TPSA) is 62.4 Å². The van der Waals surface area contributed by atoms with E-state index in [2.05, 4.69) is 33.0 Å². The van der Waals surface area contributed by atoms with Crippen LogP contribution in [0.3, 0.4) is 0 Å². The standard InChI is InChI=1S/C16H21BrFN3O2/c1-2-3-4-16-19-15(20-23-16)11-21(7-8-22)10-12-9-13(17)5-6-14(12)18/h5-6,9,22H,2-4,7-8,10-11H2,1H3. The van der Waals surface area contributed by atoms with Crippen molar-refractivity contribution in [2.75, 3.05) is 13.2 Å². The number of aryl methyl sites for hydroxylation is 1. The molecule has 2 rings (SSSR count). The van der Waals surface area contributed by atoms with Crippen molar-refractivity contribution in [2.24, 2.45) is 0 Å². The minimum atomic E-state index is -0.270. The van der Waals surface area contributed by atoms with E-state index in [1.807, 2.05) is 4.90 Å². The first-order chi connectivity index (χ1) is 11.1. The van der Waals surface area contributed by atoms with Crippen molar-refractivity contribution in [3.05, 3.63) is 45.8 Å². The van der Waals surface area contributed by atoms with Crippen molar-refractivity contribution >= 4 is 15.9 Å². The zero-order chi connectivity index (χ0) is 16.7. The van der Waals surface area contributed by atoms with E-state index in [-0.39, 0.29) is 12.4 Å². The molecule has 0 unspecified atom stereocenters. The summed E-state index contributed by atoms with van der Waals surface area (Å²) in [6.07, 6.45) is 2.84. The third kappa shape index (κ3) is 5.67. The fourth-order valence-electron chi connectivity index (χ4n) is 2.24. The molecule has 0 aliphatic heterocycles. The van der Waals surface area contributed by atoms with Gasteiger partial charge in [-0.05, 0) is 24.6 Å². The number of rotatable bonds is 9. The van der Waals surface area contributed by atoms with Gasteiger partial charge in [0, 0.05) is 29.5 Å². The molecule has 0 amide bonds. The van der Waals surface area contributed by atoms with Crippen LogP contribution in [0.25, 0.3) is 0 Å². The van der Waals surface area contributed by atoms with Crippen molar-refractivity contribution in [1.82, 2.24) is 15.0 Å². The number of aromatic nitrogens is 2. The maximum Gasteiger partial charge on any atom is 0.226 e. The van der Waals surface area contributed by atoms with Crippen LogP contribution in [0.5, 0.6) is 0 Å². The second-order valence-electron chi connectivity index (χ2n) is 5.38. The Morgan fingerprint density at radius 2 is 2.17 bits per heavy atom. The van der Waals surface area contributed by atoms with Crippen LogP contribution in [0.15, 0.2) is 27.2 Å². The van der Waals surface area contributed by atoms with Crippen molar-refractivity contribution in [3.8, 4) is 0 Å². The first-order valence-corrected chi connectivity index (χ1v) is 8.50. The lowest BCUT2D eigenvalue weighted by Gasteiger charge is -2.20. The molecule has 0 spiro atoms. The number of nitrogens with zero attached hydrogens (tertiary/aromatic N) is 3. The van der Waals surface area contributed by atoms with Gasteiger partial charge in [0.2, 0.25) is 5.89 Å². The highest BCUT2D eigenvalue weighted by Gasteiger charge is 2.14. The highest BCUT2D eigenvalue weighted by molar-refractivity contribution is 9.10. The van der Waals surface area contributed by atoms with Gasteiger partial charge in [0.05, 0.1) is 13.2 Å². The molecule has 1 aromatic heterocycles. The van der Waals surface area contributed by atoms with Crippen LogP contribution in [0.2, 0.25) is 0 Å². The molecule has 2 aromatic rings. The van der Waals surface area contributed by atoms with E-state index in [1.165, 1.54) is 6.07 Å². The van der Waals surface area contributed by atoms with Gasteiger partial charge in [-0.1, -0.05) is 34.4 Å². The second kappa shape index (κ2) is 9.10. The Morgan fingerprint density at radius 1 is 1.35 bits per heavy atom. The number of benzene rings is 1. The van der Waals surface area contributed by atoms with Gasteiger partial charge in [-0.3, -0.25) is 4.90 Å². The fourth-order valence-corrected chi connectivity index (χ4v) is 2.65. The van der Waals surface area contributed by atoms with Gasteiger partial charge in [-0.2, -0.15) is 4.98 Å². The van der Waals surface area contributed by atoms with Crippen LogP contribution >= 0.6 is 15.9 Å². The SMILES string of the molecule is CCCCc1nc(CN(CCO)Cc2cc(Br)ccc2F)no1. The molecular weight excluding hydrogens is 365 g/mol. The molecule has 23 heavy (non-hydrogen) atoms. The molecule has 0 bridgehead atoms. The average molecular weight is 386 g/mol. The van der Waals surface area contributed by atoms with E-state index in [1.54, 1.807) is 12.1 Å². The smallest absolute Gasteiger partial charge is 0.226 e. The predicted octanol–water partition coefficient (Wildman–Crippen LogP) is 3.31. The number of hydrogen-bond donors (Lipinski definition) is 1. The minimum Gasteiger partial charge on any atom is -0.395 e. The Hall–Kier alpha value is -1.31. The number of hydrogen-bond acceptors (Lipinski definition) is 5. The molecule has 1 heterocycles. The fraction of sp³-hybridized carbons (Fsp3) is 0.500. The monoisotopic (exact) mass is 385 g/mol. The molecular formula is C16H21BrFN3O2. The van der Waals surface area contributed by atoms with E-state index in [0.29, 0.717) is 36.9 Å². The Labute approximate surface area is 143 Å². The molecule has 5 nitrogen and oxygen atoms in total. The van der Waals surface area contributed by atoms with E-state index in [9.17, 15) is 9.50 Å². The Balaban J connectivity index is 2.03. The number of aliphatic hydroxyl groups is 1. The summed E-state index contributed by atoms with van der Waals surface area (Å²) in [7, 11) is 0. The van der Waals surface area contributed by atoms with Crippen LogP contribution in [0.4, 0.5) is 4.39 Å². The van der Waals surface area contributed by atoms with Gasteiger partial charge >= 0.3 is 0 Å². The Bertz CT molecular complexity index is 621. The van der Waals surface area contributed by atoms with Crippen LogP contribution in [0, 0.1) is 5.82 Å². The molecule has 0 radical (unpaired) electrons. The molecule has 1 aromatic carbocycles. The quantitative estimate of drug-likeness (QED) is 0.717. The maximum absolute atomic E-state index is 13.9. The lowest BCUT2D eigenvalue weighted by Crippen LogP contribution is -2.27. The van der Waals surface area contributed by atoms with Crippen LogP contribution in [-0.4, -0.2) is 33.3 Å². The molecule has 1 N–H and O–H groups in total. The zero-order valence-electron chi connectivity index (χ0n) is 13.1. The number of aliphatic hydroxyl groups excluding tert-OH is 1. The average Bonchev–Trinajstić information content (AvgIpc) is 2.96. The highest BCUT2D eigenvalue weighted by atomic mass is 79.9. The van der Waals surface area contributed by atoms with Crippen molar-refractivity contribution in [2.45, 2.75) is 39.3 Å². The summed E-state index contributed by atoms with van der Waals surface area (Å²) in [5.74, 6) is 0.910. The molecule has 0 fully saturated rings. The van der Waals surface area contributed by atoms with Gasteiger partial charge in [0.1, 0.15) is 5.82 Å². The molecule has 0 saturated heterocycles. The summed E-state index contributed by atoms with van der Waals surface area (Å²) in [4.78, 5) is 6.24. The van der Waals surface area contributed by atoms with Gasteiger partial charge in [0.25, 0.3) is 0 Å². The molecule has 0 atom stereocenters. The summed E-state index contributed by atoms with van der Waals surface area (Å²) in [5.41, 5.74) is 0.558. The molecule has 0 saturated carbocycles. The van der Waals surface area contributed by atoms with E-state index in [4.69, 9.17) is 4.52 Å². The summed E-state index contributed by atoms with van der Waals surface area (Å²) in [6, 6.07) is 4.82. The number of unbranched alkanes of at least 4 members (excludes halogenated alkanes) is 1. The molecule has 0 aliphatic carbocycles. The lowest BCUT2D eigenvalue weighted by atomic mass is 10.2. The molecule has 0 aliphatic rings. The maximum atomic E-state index is 13.9. The molecule has 126 valence electrons. The first kappa shape index (κ1) is 18.0. The third-order valence-electron chi connectivity index (χ3n) is 3.44. The minimum absolute atomic E-state index is 0.0177. The third-order valence-corrected chi connectivity index (χ3v) is 3.93. The van der Waals surface area contributed by atoms with Crippen molar-refractivity contribution < 1.29 is 14.0 Å². The zero-order valence-corrected chi connectivity index (χ0v) is 14.7. The van der Waals surface area contributed by atoms with Crippen molar-refractivity contribution in [3.63, 3.8) is 0 Å². The Morgan fingerprint density at radius 3 is 2.91 bits per heavy atom. The summed E-state index contributed by atoms with van der Waals surface area (Å²) < 4.78 is 19.9. The first-order valence-electron chi connectivity index (χ1n) is 7.71. The largest absolute Gasteiger partial charge is 0.395 e. The second-order valence-corrected chi connectivity index (χ2v) is 6.29. The molecule has 7 heteroatoms. The summed E-state index contributed by atoms with van der Waals surface area (Å²) >= 11 is 3.35. The van der Waals surface area contributed by atoms with Gasteiger partial charge < -0.3 is 9.63 Å². The van der Waals surface area contributed by atoms with E-state index in [0.717, 1.165) is 23.7 Å². The van der Waals surface area contributed by atoms with Gasteiger partial charge in [-0.25, -0.2) is 4.39 Å². The highest BCUT2D eigenvalue weighted by Crippen LogP contribution is 2.18. The Kier molecular flexibility index (Phi) is 7.14. The predicted molar refractivity (Wildman–Crippen MR) is 88.2 cm³/mol. The summed E-state index contributed by atoms with van der Waals surface area (Å²) in [6.45, 7) is 3.26. The van der Waals surface area contributed by atoms with E-state index < -0.39 is 0 Å². The van der Waals surface area contributed by atoms with Gasteiger partial charge in [0.15, 0.2) is 5.82 Å². The number of halogens is 2. The van der Waals surface area contributed by atoms with E-state index >= 15 is 0 Å². The van der Waals surface area contributed by atoms with Gasteiger partial charge in [-0.15, -0.1) is 0 Å². The van der Waals surface area contributed by atoms with Crippen LogP contribution in [-0.2, 0) is 19.5 Å². The summed E-state index contributed by atoms with van der Waals surface area (Å²) in [5, 5.41) is 13.2.